The van der Waals surface area contributed by atoms with Crippen molar-refractivity contribution in [2.75, 3.05) is 5.73 Å². The van der Waals surface area contributed by atoms with E-state index in [9.17, 15) is 13.2 Å². The van der Waals surface area contributed by atoms with Gasteiger partial charge in [0.25, 0.3) is 0 Å². The quantitative estimate of drug-likeness (QED) is 0.855. The highest BCUT2D eigenvalue weighted by molar-refractivity contribution is 9.10. The first kappa shape index (κ1) is 12.4. The Labute approximate surface area is 107 Å². The summed E-state index contributed by atoms with van der Waals surface area (Å²) >= 11 is 4.35. The van der Waals surface area contributed by atoms with Gasteiger partial charge in [-0.2, -0.15) is 13.2 Å². The van der Waals surface area contributed by atoms with Gasteiger partial charge < -0.3 is 5.73 Å². The molecule has 2 N–H and O–H groups in total. The number of hydrogen-bond acceptors (Lipinski definition) is 3. The van der Waals surface area contributed by atoms with Crippen LogP contribution in [0.25, 0.3) is 11.3 Å². The number of benzene rings is 1. The molecule has 0 amide bonds. The first-order valence-corrected chi connectivity index (χ1v) is 6.13. The summed E-state index contributed by atoms with van der Waals surface area (Å²) in [5, 5.41) is 2.08. The van der Waals surface area contributed by atoms with Gasteiger partial charge in [-0.05, 0) is 12.1 Å². The summed E-state index contributed by atoms with van der Waals surface area (Å²) in [5.74, 6) is 0. The predicted molar refractivity (Wildman–Crippen MR) is 64.7 cm³/mol. The van der Waals surface area contributed by atoms with Crippen LogP contribution in [0.3, 0.4) is 0 Å². The molecule has 0 aliphatic heterocycles. The fourth-order valence-corrected chi connectivity index (χ4v) is 2.46. The summed E-state index contributed by atoms with van der Waals surface area (Å²) in [5.41, 5.74) is 5.93. The number of alkyl halides is 3. The van der Waals surface area contributed by atoms with Gasteiger partial charge >= 0.3 is 6.18 Å². The van der Waals surface area contributed by atoms with E-state index >= 15 is 0 Å². The number of rotatable bonds is 1. The average Bonchev–Trinajstić information content (AvgIpc) is 2.63. The standard InChI is InChI=1S/C10H6BrF3N2S/c11-7-3-5(10(12,13)14)1-2-6(7)8-4-17-9(15)16-8/h1-4H,(H2,15,16). The normalized spacial score (nSPS) is 11.8. The zero-order valence-electron chi connectivity index (χ0n) is 8.25. The van der Waals surface area contributed by atoms with Crippen LogP contribution in [0.15, 0.2) is 28.1 Å². The van der Waals surface area contributed by atoms with Crippen molar-refractivity contribution in [2.24, 2.45) is 0 Å². The van der Waals surface area contributed by atoms with Gasteiger partial charge in [-0.1, -0.05) is 22.0 Å². The number of anilines is 1. The first-order valence-electron chi connectivity index (χ1n) is 4.46. The third kappa shape index (κ3) is 2.61. The van der Waals surface area contributed by atoms with Crippen LogP contribution in [0, 0.1) is 0 Å². The van der Waals surface area contributed by atoms with Crippen LogP contribution in [0.2, 0.25) is 0 Å². The van der Waals surface area contributed by atoms with Gasteiger partial charge in [0.1, 0.15) is 0 Å². The second kappa shape index (κ2) is 4.30. The van der Waals surface area contributed by atoms with Crippen molar-refractivity contribution in [1.82, 2.24) is 4.98 Å². The molecule has 1 aromatic carbocycles. The maximum Gasteiger partial charge on any atom is 0.416 e. The molecule has 2 nitrogen and oxygen atoms in total. The minimum Gasteiger partial charge on any atom is -0.375 e. The molecule has 0 unspecified atom stereocenters. The second-order valence-electron chi connectivity index (χ2n) is 3.26. The Balaban J connectivity index is 2.45. The van der Waals surface area contributed by atoms with Crippen molar-refractivity contribution >= 4 is 32.4 Å². The van der Waals surface area contributed by atoms with E-state index in [1.54, 1.807) is 5.38 Å². The lowest BCUT2D eigenvalue weighted by atomic mass is 10.1. The highest BCUT2D eigenvalue weighted by Crippen LogP contribution is 2.36. The SMILES string of the molecule is Nc1nc(-c2ccc(C(F)(F)F)cc2Br)cs1. The van der Waals surface area contributed by atoms with E-state index in [1.165, 1.54) is 17.4 Å². The van der Waals surface area contributed by atoms with E-state index in [1.807, 2.05) is 0 Å². The molecule has 0 bridgehead atoms. The Hall–Kier alpha value is -1.08. The Bertz CT molecular complexity index is 551. The van der Waals surface area contributed by atoms with Gasteiger partial charge in [0.2, 0.25) is 0 Å². The highest BCUT2D eigenvalue weighted by Gasteiger charge is 2.30. The maximum absolute atomic E-state index is 12.5. The molecular weight excluding hydrogens is 317 g/mol. The molecule has 0 aliphatic rings. The maximum atomic E-state index is 12.5. The van der Waals surface area contributed by atoms with E-state index in [0.29, 0.717) is 20.9 Å². The van der Waals surface area contributed by atoms with Crippen LogP contribution in [0.5, 0.6) is 0 Å². The average molecular weight is 323 g/mol. The summed E-state index contributed by atoms with van der Waals surface area (Å²) in [7, 11) is 0. The van der Waals surface area contributed by atoms with Crippen LogP contribution in [0.1, 0.15) is 5.56 Å². The number of aromatic nitrogens is 1. The Kier molecular flexibility index (Phi) is 3.13. The summed E-state index contributed by atoms with van der Waals surface area (Å²) < 4.78 is 37.7. The molecule has 0 spiro atoms. The lowest BCUT2D eigenvalue weighted by Crippen LogP contribution is -2.04. The molecule has 0 fully saturated rings. The fraction of sp³-hybridized carbons (Fsp3) is 0.100. The molecule has 2 rings (SSSR count). The van der Waals surface area contributed by atoms with E-state index in [4.69, 9.17) is 5.73 Å². The highest BCUT2D eigenvalue weighted by atomic mass is 79.9. The fourth-order valence-electron chi connectivity index (χ4n) is 1.31. The molecule has 7 heteroatoms. The third-order valence-corrected chi connectivity index (χ3v) is 3.42. The number of nitrogens with two attached hydrogens (primary N) is 1. The molecule has 0 aliphatic carbocycles. The zero-order valence-corrected chi connectivity index (χ0v) is 10.7. The first-order chi connectivity index (χ1) is 7.88. The van der Waals surface area contributed by atoms with Crippen LogP contribution in [0.4, 0.5) is 18.3 Å². The van der Waals surface area contributed by atoms with Crippen molar-refractivity contribution < 1.29 is 13.2 Å². The summed E-state index contributed by atoms with van der Waals surface area (Å²) in [6.07, 6.45) is -4.35. The molecular formula is C10H6BrF3N2S. The number of thiazole rings is 1. The molecule has 17 heavy (non-hydrogen) atoms. The van der Waals surface area contributed by atoms with Crippen molar-refractivity contribution in [3.05, 3.63) is 33.6 Å². The summed E-state index contributed by atoms with van der Waals surface area (Å²) in [6, 6.07) is 3.43. The molecule has 1 aromatic heterocycles. The lowest BCUT2D eigenvalue weighted by Gasteiger charge is -2.08. The zero-order chi connectivity index (χ0) is 12.6. The number of nitrogens with zero attached hydrogens (tertiary/aromatic N) is 1. The van der Waals surface area contributed by atoms with E-state index in [2.05, 4.69) is 20.9 Å². The van der Waals surface area contributed by atoms with Crippen molar-refractivity contribution in [1.29, 1.82) is 0 Å². The van der Waals surface area contributed by atoms with Crippen molar-refractivity contribution in [2.45, 2.75) is 6.18 Å². The van der Waals surface area contributed by atoms with Crippen LogP contribution in [-0.2, 0) is 6.18 Å². The van der Waals surface area contributed by atoms with Crippen molar-refractivity contribution in [3.63, 3.8) is 0 Å². The smallest absolute Gasteiger partial charge is 0.375 e. The van der Waals surface area contributed by atoms with E-state index in [-0.39, 0.29) is 0 Å². The molecule has 0 saturated carbocycles. The van der Waals surface area contributed by atoms with Crippen LogP contribution < -0.4 is 5.73 Å². The molecule has 90 valence electrons. The predicted octanol–water partition coefficient (Wildman–Crippen LogP) is 4.17. The molecule has 1 heterocycles. The number of nitrogen functional groups attached to an aromatic ring is 1. The van der Waals surface area contributed by atoms with Gasteiger partial charge in [0, 0.05) is 15.4 Å². The minimum absolute atomic E-state index is 0.345. The third-order valence-electron chi connectivity index (χ3n) is 2.09. The van der Waals surface area contributed by atoms with Crippen LogP contribution >= 0.6 is 27.3 Å². The monoisotopic (exact) mass is 322 g/mol. The second-order valence-corrected chi connectivity index (χ2v) is 5.01. The van der Waals surface area contributed by atoms with Crippen LogP contribution in [-0.4, -0.2) is 4.98 Å². The van der Waals surface area contributed by atoms with Crippen molar-refractivity contribution in [3.8, 4) is 11.3 Å². The number of hydrogen-bond donors (Lipinski definition) is 1. The molecule has 0 saturated heterocycles. The van der Waals surface area contributed by atoms with E-state index in [0.717, 1.165) is 12.1 Å². The van der Waals surface area contributed by atoms with Gasteiger partial charge in [-0.3, -0.25) is 0 Å². The lowest BCUT2D eigenvalue weighted by molar-refractivity contribution is -0.137. The Morgan fingerprint density at radius 3 is 2.47 bits per heavy atom. The minimum atomic E-state index is -4.35. The van der Waals surface area contributed by atoms with Gasteiger partial charge in [0.15, 0.2) is 5.13 Å². The largest absolute Gasteiger partial charge is 0.416 e. The molecule has 0 radical (unpaired) electrons. The van der Waals surface area contributed by atoms with Gasteiger partial charge in [-0.25, -0.2) is 4.98 Å². The van der Waals surface area contributed by atoms with Gasteiger partial charge in [0.05, 0.1) is 11.3 Å². The van der Waals surface area contributed by atoms with Gasteiger partial charge in [-0.15, -0.1) is 11.3 Å². The number of halogens is 4. The molecule has 2 aromatic rings. The summed E-state index contributed by atoms with van der Waals surface area (Å²) in [4.78, 5) is 4.02. The Morgan fingerprint density at radius 2 is 2.00 bits per heavy atom. The summed E-state index contributed by atoms with van der Waals surface area (Å²) in [6.45, 7) is 0. The Morgan fingerprint density at radius 1 is 1.29 bits per heavy atom. The molecule has 0 atom stereocenters. The van der Waals surface area contributed by atoms with E-state index < -0.39 is 11.7 Å². The topological polar surface area (TPSA) is 38.9 Å².